The fraction of sp³-hybridized carbons (Fsp3) is 0.364. The summed E-state index contributed by atoms with van der Waals surface area (Å²) in [6.07, 6.45) is -0.386. The SMILES string of the molecule is CN(Cc1cccc(NC(=O)c2ccc(N(C)C)cc2)c1)C(=O)OC(C)(C)C. The Hall–Kier alpha value is -3.02. The van der Waals surface area contributed by atoms with E-state index in [0.717, 1.165) is 11.3 Å². The molecule has 0 saturated heterocycles. The highest BCUT2D eigenvalue weighted by molar-refractivity contribution is 6.04. The molecule has 0 heterocycles. The molecule has 150 valence electrons. The van der Waals surface area contributed by atoms with Gasteiger partial charge in [0, 0.05) is 44.6 Å². The molecule has 2 aromatic rings. The van der Waals surface area contributed by atoms with Gasteiger partial charge in [-0.1, -0.05) is 12.1 Å². The van der Waals surface area contributed by atoms with Crippen LogP contribution in [0.2, 0.25) is 0 Å². The van der Waals surface area contributed by atoms with Gasteiger partial charge in [0.25, 0.3) is 5.91 Å². The zero-order valence-electron chi connectivity index (χ0n) is 17.4. The Bertz CT molecular complexity index is 824. The van der Waals surface area contributed by atoms with E-state index in [1.54, 1.807) is 19.2 Å². The van der Waals surface area contributed by atoms with Crippen molar-refractivity contribution in [3.8, 4) is 0 Å². The summed E-state index contributed by atoms with van der Waals surface area (Å²) in [5.74, 6) is -0.178. The molecule has 28 heavy (non-hydrogen) atoms. The van der Waals surface area contributed by atoms with Gasteiger partial charge in [-0.2, -0.15) is 0 Å². The maximum absolute atomic E-state index is 12.5. The zero-order valence-corrected chi connectivity index (χ0v) is 17.4. The second-order valence-electron chi connectivity index (χ2n) is 7.93. The third-order valence-corrected chi connectivity index (χ3v) is 3.96. The van der Waals surface area contributed by atoms with Crippen LogP contribution < -0.4 is 10.2 Å². The summed E-state index contributed by atoms with van der Waals surface area (Å²) < 4.78 is 5.36. The molecule has 1 N–H and O–H groups in total. The smallest absolute Gasteiger partial charge is 0.410 e. The average Bonchev–Trinajstić information content (AvgIpc) is 2.60. The zero-order chi connectivity index (χ0) is 20.9. The van der Waals surface area contributed by atoms with Gasteiger partial charge in [-0.15, -0.1) is 0 Å². The lowest BCUT2D eigenvalue weighted by Crippen LogP contribution is -2.33. The first-order valence-corrected chi connectivity index (χ1v) is 9.17. The summed E-state index contributed by atoms with van der Waals surface area (Å²) in [6.45, 7) is 5.88. The second kappa shape index (κ2) is 8.78. The monoisotopic (exact) mass is 383 g/mol. The van der Waals surface area contributed by atoms with Crippen LogP contribution >= 0.6 is 0 Å². The molecule has 0 saturated carbocycles. The fourth-order valence-corrected chi connectivity index (χ4v) is 2.54. The van der Waals surface area contributed by atoms with Crippen molar-refractivity contribution in [3.05, 3.63) is 59.7 Å². The van der Waals surface area contributed by atoms with E-state index in [4.69, 9.17) is 4.74 Å². The van der Waals surface area contributed by atoms with Crippen LogP contribution in [-0.2, 0) is 11.3 Å². The van der Waals surface area contributed by atoms with Crippen molar-refractivity contribution >= 4 is 23.4 Å². The summed E-state index contributed by atoms with van der Waals surface area (Å²) >= 11 is 0. The van der Waals surface area contributed by atoms with E-state index in [-0.39, 0.29) is 12.0 Å². The predicted molar refractivity (Wildman–Crippen MR) is 113 cm³/mol. The molecule has 0 unspecified atom stereocenters. The molecular weight excluding hydrogens is 354 g/mol. The summed E-state index contributed by atoms with van der Waals surface area (Å²) in [5.41, 5.74) is 2.65. The number of carbonyl (C=O) groups is 2. The largest absolute Gasteiger partial charge is 0.444 e. The highest BCUT2D eigenvalue weighted by Crippen LogP contribution is 2.17. The second-order valence-corrected chi connectivity index (χ2v) is 7.93. The third kappa shape index (κ3) is 6.30. The number of nitrogens with zero attached hydrogens (tertiary/aromatic N) is 2. The normalized spacial score (nSPS) is 10.9. The minimum Gasteiger partial charge on any atom is -0.444 e. The molecule has 0 radical (unpaired) electrons. The van der Waals surface area contributed by atoms with Crippen LogP contribution in [-0.4, -0.2) is 43.6 Å². The van der Waals surface area contributed by atoms with Crippen LogP contribution in [0.4, 0.5) is 16.2 Å². The summed E-state index contributed by atoms with van der Waals surface area (Å²) in [7, 11) is 5.59. The first kappa shape index (κ1) is 21.3. The first-order chi connectivity index (χ1) is 13.0. The lowest BCUT2D eigenvalue weighted by molar-refractivity contribution is 0.0285. The number of hydrogen-bond acceptors (Lipinski definition) is 4. The lowest BCUT2D eigenvalue weighted by Gasteiger charge is -2.24. The minimum absolute atomic E-state index is 0.178. The van der Waals surface area contributed by atoms with Crippen LogP contribution in [0.3, 0.4) is 0 Å². The Morgan fingerprint density at radius 2 is 1.64 bits per heavy atom. The molecule has 0 bridgehead atoms. The molecule has 2 aromatic carbocycles. The van der Waals surface area contributed by atoms with Gasteiger partial charge >= 0.3 is 6.09 Å². The summed E-state index contributed by atoms with van der Waals surface area (Å²) in [5, 5.41) is 2.90. The summed E-state index contributed by atoms with van der Waals surface area (Å²) in [4.78, 5) is 28.1. The maximum atomic E-state index is 12.5. The highest BCUT2D eigenvalue weighted by Gasteiger charge is 2.19. The van der Waals surface area contributed by atoms with Crippen LogP contribution in [0, 0.1) is 0 Å². The Balaban J connectivity index is 2.02. The number of benzene rings is 2. The Morgan fingerprint density at radius 3 is 2.21 bits per heavy atom. The van der Waals surface area contributed by atoms with E-state index in [1.807, 2.05) is 76.2 Å². The van der Waals surface area contributed by atoms with Crippen molar-refractivity contribution in [3.63, 3.8) is 0 Å². The highest BCUT2D eigenvalue weighted by atomic mass is 16.6. The van der Waals surface area contributed by atoms with Gasteiger partial charge in [0.05, 0.1) is 0 Å². The molecule has 0 aliphatic carbocycles. The Kier molecular flexibility index (Phi) is 6.67. The van der Waals surface area contributed by atoms with Crippen LogP contribution in [0.25, 0.3) is 0 Å². The van der Waals surface area contributed by atoms with E-state index in [1.165, 1.54) is 4.90 Å². The standard InChI is InChI=1S/C22H29N3O3/c1-22(2,3)28-21(27)25(6)15-16-8-7-9-18(14-16)23-20(26)17-10-12-19(13-11-17)24(4)5/h7-14H,15H2,1-6H3,(H,23,26). The van der Waals surface area contributed by atoms with Crippen molar-refractivity contribution in [2.24, 2.45) is 0 Å². The molecule has 0 aliphatic heterocycles. The molecule has 0 atom stereocenters. The van der Waals surface area contributed by atoms with E-state index >= 15 is 0 Å². The van der Waals surface area contributed by atoms with Crippen molar-refractivity contribution < 1.29 is 14.3 Å². The van der Waals surface area contributed by atoms with Crippen molar-refractivity contribution in [1.29, 1.82) is 0 Å². The van der Waals surface area contributed by atoms with E-state index < -0.39 is 5.60 Å². The number of rotatable bonds is 5. The van der Waals surface area contributed by atoms with Crippen molar-refractivity contribution in [2.75, 3.05) is 31.4 Å². The van der Waals surface area contributed by atoms with Crippen LogP contribution in [0.1, 0.15) is 36.7 Å². The van der Waals surface area contributed by atoms with Gasteiger partial charge in [-0.05, 0) is 62.7 Å². The Labute approximate surface area is 167 Å². The van der Waals surface area contributed by atoms with Crippen LogP contribution in [0.15, 0.2) is 48.5 Å². The molecule has 0 aromatic heterocycles. The Morgan fingerprint density at radius 1 is 1.00 bits per heavy atom. The number of nitrogens with one attached hydrogen (secondary N) is 1. The quantitative estimate of drug-likeness (QED) is 0.833. The van der Waals surface area contributed by atoms with Gasteiger partial charge < -0.3 is 19.9 Å². The van der Waals surface area contributed by atoms with E-state index in [2.05, 4.69) is 5.32 Å². The third-order valence-electron chi connectivity index (χ3n) is 3.96. The molecule has 6 heteroatoms. The summed E-state index contributed by atoms with van der Waals surface area (Å²) in [6, 6.07) is 14.8. The molecule has 0 fully saturated rings. The predicted octanol–water partition coefficient (Wildman–Crippen LogP) is 4.37. The molecule has 0 spiro atoms. The molecule has 2 amide bonds. The van der Waals surface area contributed by atoms with Crippen molar-refractivity contribution in [1.82, 2.24) is 4.90 Å². The number of anilines is 2. The van der Waals surface area contributed by atoms with Gasteiger partial charge in [-0.25, -0.2) is 4.79 Å². The van der Waals surface area contributed by atoms with E-state index in [9.17, 15) is 9.59 Å². The molecule has 6 nitrogen and oxygen atoms in total. The minimum atomic E-state index is -0.538. The maximum Gasteiger partial charge on any atom is 0.410 e. The lowest BCUT2D eigenvalue weighted by atomic mass is 10.1. The fourth-order valence-electron chi connectivity index (χ4n) is 2.54. The van der Waals surface area contributed by atoms with Crippen molar-refractivity contribution in [2.45, 2.75) is 32.9 Å². The molecule has 0 aliphatic rings. The molecular formula is C22H29N3O3. The van der Waals surface area contributed by atoms with E-state index in [0.29, 0.717) is 17.8 Å². The topological polar surface area (TPSA) is 61.9 Å². The van der Waals surface area contributed by atoms with Gasteiger partial charge in [0.15, 0.2) is 0 Å². The van der Waals surface area contributed by atoms with Gasteiger partial charge in [0.2, 0.25) is 0 Å². The van der Waals surface area contributed by atoms with Gasteiger partial charge in [-0.3, -0.25) is 4.79 Å². The molecule has 2 rings (SSSR count). The number of ether oxygens (including phenoxy) is 1. The average molecular weight is 383 g/mol. The number of hydrogen-bond donors (Lipinski definition) is 1. The number of carbonyl (C=O) groups excluding carboxylic acids is 2. The van der Waals surface area contributed by atoms with Crippen LogP contribution in [0.5, 0.6) is 0 Å². The number of amides is 2. The first-order valence-electron chi connectivity index (χ1n) is 9.17. The van der Waals surface area contributed by atoms with Gasteiger partial charge in [0.1, 0.15) is 5.60 Å².